The Labute approximate surface area is 152 Å². The number of hydrogen-bond acceptors (Lipinski definition) is 6. The summed E-state index contributed by atoms with van der Waals surface area (Å²) in [7, 11) is 0. The molecule has 1 fully saturated rings. The van der Waals surface area contributed by atoms with E-state index in [1.165, 1.54) is 0 Å². The van der Waals surface area contributed by atoms with Crippen molar-refractivity contribution in [2.75, 3.05) is 18.0 Å². The maximum Gasteiger partial charge on any atom is 0.151 e. The zero-order chi connectivity index (χ0) is 17.9. The first-order valence-corrected chi connectivity index (χ1v) is 8.91. The van der Waals surface area contributed by atoms with E-state index in [0.29, 0.717) is 5.69 Å². The molecule has 26 heavy (non-hydrogen) atoms. The molecular weight excluding hydrogens is 328 g/mol. The summed E-state index contributed by atoms with van der Waals surface area (Å²) in [6, 6.07) is 13.8. The molecule has 1 aromatic carbocycles. The number of aliphatic hydroxyl groups is 1. The predicted octanol–water partition coefficient (Wildman–Crippen LogP) is 2.30. The molecule has 0 unspecified atom stereocenters. The van der Waals surface area contributed by atoms with Crippen LogP contribution >= 0.6 is 0 Å². The molecule has 2 aromatic heterocycles. The molecule has 0 spiro atoms. The van der Waals surface area contributed by atoms with Crippen LogP contribution in [-0.4, -0.2) is 43.4 Å². The van der Waals surface area contributed by atoms with Crippen LogP contribution in [-0.2, 0) is 0 Å². The standard InChI is InChI=1S/C19H22N6O/c1-14-7-8-18(22-20-14)24-11-9-16(10-12-24)25-13-17(21-23-25)19(26)15-5-3-2-4-6-15/h2-8,13,16,19,26H,9-12H2,1H3/t19-/m1/s1. The third-order valence-electron chi connectivity index (χ3n) is 4.87. The summed E-state index contributed by atoms with van der Waals surface area (Å²) in [5.74, 6) is 0.924. The summed E-state index contributed by atoms with van der Waals surface area (Å²) in [5, 5.41) is 27.3. The van der Waals surface area contributed by atoms with Gasteiger partial charge in [0.2, 0.25) is 0 Å². The number of rotatable bonds is 4. The molecule has 1 saturated heterocycles. The Kier molecular flexibility index (Phi) is 4.62. The molecule has 7 heteroatoms. The summed E-state index contributed by atoms with van der Waals surface area (Å²) < 4.78 is 1.89. The molecule has 1 atom stereocenters. The fourth-order valence-corrected chi connectivity index (χ4v) is 3.32. The van der Waals surface area contributed by atoms with E-state index in [4.69, 9.17) is 0 Å². The van der Waals surface area contributed by atoms with Crippen LogP contribution in [0.2, 0.25) is 0 Å². The van der Waals surface area contributed by atoms with Crippen molar-refractivity contribution < 1.29 is 5.11 Å². The van der Waals surface area contributed by atoms with Gasteiger partial charge in [0, 0.05) is 13.1 Å². The van der Waals surface area contributed by atoms with Crippen LogP contribution in [0.15, 0.2) is 48.7 Å². The van der Waals surface area contributed by atoms with E-state index < -0.39 is 6.10 Å². The second-order valence-electron chi connectivity index (χ2n) is 6.69. The first-order valence-electron chi connectivity index (χ1n) is 8.91. The monoisotopic (exact) mass is 350 g/mol. The van der Waals surface area contributed by atoms with Crippen LogP contribution in [0.3, 0.4) is 0 Å². The molecule has 3 aromatic rings. The smallest absolute Gasteiger partial charge is 0.151 e. The van der Waals surface area contributed by atoms with E-state index in [0.717, 1.165) is 43.0 Å². The van der Waals surface area contributed by atoms with E-state index in [2.05, 4.69) is 25.4 Å². The van der Waals surface area contributed by atoms with Gasteiger partial charge in [-0.25, -0.2) is 4.68 Å². The summed E-state index contributed by atoms with van der Waals surface area (Å²) >= 11 is 0. The fourth-order valence-electron chi connectivity index (χ4n) is 3.32. The third-order valence-corrected chi connectivity index (χ3v) is 4.87. The zero-order valence-electron chi connectivity index (χ0n) is 14.7. The lowest BCUT2D eigenvalue weighted by atomic mass is 10.0. The lowest BCUT2D eigenvalue weighted by Crippen LogP contribution is -2.35. The molecule has 0 aliphatic carbocycles. The van der Waals surface area contributed by atoms with Crippen molar-refractivity contribution in [2.45, 2.75) is 31.9 Å². The minimum atomic E-state index is -0.743. The van der Waals surface area contributed by atoms with Crippen LogP contribution in [0.4, 0.5) is 5.82 Å². The molecule has 0 bridgehead atoms. The maximum absolute atomic E-state index is 10.5. The van der Waals surface area contributed by atoms with Gasteiger partial charge in [-0.05, 0) is 37.5 Å². The van der Waals surface area contributed by atoms with Crippen LogP contribution in [0.1, 0.15) is 41.9 Å². The van der Waals surface area contributed by atoms with Crippen LogP contribution in [0, 0.1) is 6.92 Å². The highest BCUT2D eigenvalue weighted by Gasteiger charge is 2.24. The van der Waals surface area contributed by atoms with E-state index in [9.17, 15) is 5.11 Å². The van der Waals surface area contributed by atoms with Crippen molar-refractivity contribution in [3.63, 3.8) is 0 Å². The number of aryl methyl sites for hydroxylation is 1. The molecule has 1 N–H and O–H groups in total. The highest BCUT2D eigenvalue weighted by molar-refractivity contribution is 5.37. The molecule has 1 aliphatic heterocycles. The van der Waals surface area contributed by atoms with Gasteiger partial charge in [0.1, 0.15) is 11.8 Å². The van der Waals surface area contributed by atoms with Gasteiger partial charge in [-0.2, -0.15) is 5.10 Å². The Hall–Kier alpha value is -2.80. The second kappa shape index (κ2) is 7.21. The fraction of sp³-hybridized carbons (Fsp3) is 0.368. The molecule has 4 rings (SSSR count). The van der Waals surface area contributed by atoms with Gasteiger partial charge >= 0.3 is 0 Å². The zero-order valence-corrected chi connectivity index (χ0v) is 14.7. The van der Waals surface area contributed by atoms with Crippen molar-refractivity contribution in [1.82, 2.24) is 25.2 Å². The number of anilines is 1. The molecule has 0 radical (unpaired) electrons. The Morgan fingerprint density at radius 2 is 1.77 bits per heavy atom. The van der Waals surface area contributed by atoms with Gasteiger partial charge in [-0.3, -0.25) is 0 Å². The van der Waals surface area contributed by atoms with E-state index >= 15 is 0 Å². The number of aliphatic hydroxyl groups excluding tert-OH is 1. The summed E-state index contributed by atoms with van der Waals surface area (Å²) in [6.07, 6.45) is 3.04. The van der Waals surface area contributed by atoms with Crippen LogP contribution in [0.5, 0.6) is 0 Å². The molecule has 0 saturated carbocycles. The molecule has 134 valence electrons. The average Bonchev–Trinajstić information content (AvgIpc) is 3.19. The Balaban J connectivity index is 1.41. The summed E-state index contributed by atoms with van der Waals surface area (Å²) in [6.45, 7) is 3.74. The van der Waals surface area contributed by atoms with Gasteiger partial charge in [0.25, 0.3) is 0 Å². The lowest BCUT2D eigenvalue weighted by Gasteiger charge is -2.32. The second-order valence-corrected chi connectivity index (χ2v) is 6.69. The highest BCUT2D eigenvalue weighted by atomic mass is 16.3. The minimum absolute atomic E-state index is 0.286. The van der Waals surface area contributed by atoms with Gasteiger partial charge in [0.15, 0.2) is 5.82 Å². The van der Waals surface area contributed by atoms with Gasteiger partial charge in [-0.1, -0.05) is 35.5 Å². The molecule has 7 nitrogen and oxygen atoms in total. The SMILES string of the molecule is Cc1ccc(N2CCC(n3cc([C@H](O)c4ccccc4)nn3)CC2)nn1. The average molecular weight is 350 g/mol. The van der Waals surface area contributed by atoms with Gasteiger partial charge in [-0.15, -0.1) is 10.2 Å². The third kappa shape index (κ3) is 3.43. The lowest BCUT2D eigenvalue weighted by molar-refractivity contribution is 0.215. The Morgan fingerprint density at radius 3 is 2.46 bits per heavy atom. The Bertz CT molecular complexity index is 840. The van der Waals surface area contributed by atoms with Gasteiger partial charge in [0.05, 0.1) is 17.9 Å². The predicted molar refractivity (Wildman–Crippen MR) is 97.8 cm³/mol. The quantitative estimate of drug-likeness (QED) is 0.778. The largest absolute Gasteiger partial charge is 0.382 e. The topological polar surface area (TPSA) is 80.0 Å². The minimum Gasteiger partial charge on any atom is -0.382 e. The molecule has 0 amide bonds. The maximum atomic E-state index is 10.5. The van der Waals surface area contributed by atoms with E-state index in [1.54, 1.807) is 0 Å². The number of piperidine rings is 1. The van der Waals surface area contributed by atoms with Crippen LogP contribution < -0.4 is 4.90 Å². The van der Waals surface area contributed by atoms with Crippen molar-refractivity contribution in [2.24, 2.45) is 0 Å². The molecule has 1 aliphatic rings. The van der Waals surface area contributed by atoms with Crippen molar-refractivity contribution >= 4 is 5.82 Å². The normalized spacial score (nSPS) is 16.6. The number of benzene rings is 1. The van der Waals surface area contributed by atoms with Crippen molar-refractivity contribution in [3.8, 4) is 0 Å². The van der Waals surface area contributed by atoms with Gasteiger partial charge < -0.3 is 10.0 Å². The number of nitrogens with zero attached hydrogens (tertiary/aromatic N) is 6. The van der Waals surface area contributed by atoms with Crippen molar-refractivity contribution in [3.05, 3.63) is 65.6 Å². The molecule has 3 heterocycles. The first kappa shape index (κ1) is 16.7. The van der Waals surface area contributed by atoms with Crippen molar-refractivity contribution in [1.29, 1.82) is 0 Å². The Morgan fingerprint density at radius 1 is 1.00 bits per heavy atom. The molecular formula is C19H22N6O. The highest BCUT2D eigenvalue weighted by Crippen LogP contribution is 2.26. The number of hydrogen-bond donors (Lipinski definition) is 1. The van der Waals surface area contributed by atoms with Crippen LogP contribution in [0.25, 0.3) is 0 Å². The number of aromatic nitrogens is 5. The van der Waals surface area contributed by atoms with E-state index in [1.807, 2.05) is 60.3 Å². The van der Waals surface area contributed by atoms with E-state index in [-0.39, 0.29) is 6.04 Å². The summed E-state index contributed by atoms with van der Waals surface area (Å²) in [4.78, 5) is 2.25. The summed E-state index contributed by atoms with van der Waals surface area (Å²) in [5.41, 5.74) is 2.34. The first-order chi connectivity index (χ1) is 12.7.